The van der Waals surface area contributed by atoms with Gasteiger partial charge in [0.25, 0.3) is 11.9 Å². The highest BCUT2D eigenvalue weighted by Crippen LogP contribution is 2.51. The van der Waals surface area contributed by atoms with E-state index in [2.05, 4.69) is 15.3 Å². The molecule has 154 valence electrons. The van der Waals surface area contributed by atoms with Gasteiger partial charge in [-0.15, -0.1) is 0 Å². The van der Waals surface area contributed by atoms with Crippen molar-refractivity contribution in [2.75, 3.05) is 5.32 Å². The number of carbonyl (C=O) groups is 1. The molecule has 0 spiro atoms. The van der Waals surface area contributed by atoms with Crippen LogP contribution >= 0.6 is 11.6 Å². The largest absolute Gasteiger partial charge is 0.448 e. The van der Waals surface area contributed by atoms with Gasteiger partial charge in [-0.05, 0) is 51.1 Å². The molecule has 0 unspecified atom stereocenters. The summed E-state index contributed by atoms with van der Waals surface area (Å²) in [6.45, 7) is 3.38. The molecule has 1 aromatic carbocycles. The molecule has 1 aliphatic rings. The lowest BCUT2D eigenvalue weighted by molar-refractivity contribution is -0.215. The Labute approximate surface area is 169 Å². The van der Waals surface area contributed by atoms with E-state index in [9.17, 15) is 9.18 Å². The SMILES string of the molecule is CC1(C)N=C(N)O[C@](C)(c2cc(NC(=O)c3ccc(Cl)cn3)ccc2F)C1(F)F. The molecule has 3 N–H and O–H groups in total. The third kappa shape index (κ3) is 3.50. The number of pyridine rings is 1. The number of ether oxygens (including phenoxy) is 1. The van der Waals surface area contributed by atoms with Crippen LogP contribution in [0, 0.1) is 5.82 Å². The van der Waals surface area contributed by atoms with E-state index in [1.165, 1.54) is 38.2 Å². The highest BCUT2D eigenvalue weighted by molar-refractivity contribution is 6.30. The molecular formula is C19H18ClF3N4O2. The summed E-state index contributed by atoms with van der Waals surface area (Å²) in [5.74, 6) is -5.19. The predicted molar refractivity (Wildman–Crippen MR) is 103 cm³/mol. The number of amides is 1. The van der Waals surface area contributed by atoms with E-state index in [0.29, 0.717) is 5.02 Å². The van der Waals surface area contributed by atoms with Gasteiger partial charge in [-0.25, -0.2) is 14.4 Å². The van der Waals surface area contributed by atoms with Crippen LogP contribution in [-0.2, 0) is 10.3 Å². The van der Waals surface area contributed by atoms with Gasteiger partial charge in [0.05, 0.1) is 5.02 Å². The number of alkyl halides is 2. The van der Waals surface area contributed by atoms with Crippen molar-refractivity contribution >= 4 is 29.2 Å². The monoisotopic (exact) mass is 426 g/mol. The number of rotatable bonds is 3. The number of anilines is 1. The lowest BCUT2D eigenvalue weighted by Crippen LogP contribution is -2.62. The van der Waals surface area contributed by atoms with Crippen molar-refractivity contribution in [1.82, 2.24) is 4.98 Å². The standard InChI is InChI=1S/C19H18ClF3N4O2/c1-17(2)19(22,23)18(3,29-16(24)27-17)12-8-11(5-6-13(12)21)26-15(28)14-7-4-10(20)9-25-14/h4-9H,1-3H3,(H2,24,27)(H,26,28)/t18-/m1/s1. The molecule has 29 heavy (non-hydrogen) atoms. The minimum absolute atomic E-state index is 0.0447. The molecule has 0 aliphatic carbocycles. The van der Waals surface area contributed by atoms with Crippen molar-refractivity contribution in [2.24, 2.45) is 10.7 Å². The number of halogens is 4. The molecule has 0 saturated heterocycles. The zero-order valence-electron chi connectivity index (χ0n) is 15.8. The Bertz CT molecular complexity index is 995. The fraction of sp³-hybridized carbons (Fsp3) is 0.316. The van der Waals surface area contributed by atoms with Crippen LogP contribution in [0.15, 0.2) is 41.5 Å². The summed E-state index contributed by atoms with van der Waals surface area (Å²) in [7, 11) is 0. The lowest BCUT2D eigenvalue weighted by atomic mass is 9.78. The lowest BCUT2D eigenvalue weighted by Gasteiger charge is -2.47. The van der Waals surface area contributed by atoms with E-state index in [4.69, 9.17) is 22.1 Å². The second kappa shape index (κ2) is 6.91. The average molecular weight is 427 g/mol. The fourth-order valence-electron chi connectivity index (χ4n) is 3.12. The molecule has 1 aromatic heterocycles. The Balaban J connectivity index is 2.00. The van der Waals surface area contributed by atoms with Crippen LogP contribution in [0.4, 0.5) is 18.9 Å². The number of benzene rings is 1. The van der Waals surface area contributed by atoms with Gasteiger partial charge >= 0.3 is 5.92 Å². The number of amidine groups is 1. The first-order chi connectivity index (χ1) is 13.4. The first kappa shape index (κ1) is 20.9. The Hall–Kier alpha value is -2.81. The van der Waals surface area contributed by atoms with E-state index in [0.717, 1.165) is 19.1 Å². The van der Waals surface area contributed by atoms with Gasteiger partial charge in [0, 0.05) is 17.4 Å². The zero-order valence-corrected chi connectivity index (χ0v) is 16.5. The molecule has 6 nitrogen and oxygen atoms in total. The summed E-state index contributed by atoms with van der Waals surface area (Å²) in [6, 6.07) is 5.65. The van der Waals surface area contributed by atoms with Crippen molar-refractivity contribution in [3.8, 4) is 0 Å². The maximum Gasteiger partial charge on any atom is 0.315 e. The fourth-order valence-corrected chi connectivity index (χ4v) is 3.24. The van der Waals surface area contributed by atoms with E-state index >= 15 is 8.78 Å². The van der Waals surface area contributed by atoms with Gasteiger partial charge in [-0.2, -0.15) is 8.78 Å². The zero-order chi connectivity index (χ0) is 21.6. The number of hydrogen-bond acceptors (Lipinski definition) is 5. The van der Waals surface area contributed by atoms with Crippen molar-refractivity contribution < 1.29 is 22.7 Å². The average Bonchev–Trinajstić information content (AvgIpc) is 2.61. The number of nitrogens with one attached hydrogen (secondary N) is 1. The van der Waals surface area contributed by atoms with Crippen LogP contribution in [0.5, 0.6) is 0 Å². The van der Waals surface area contributed by atoms with Crippen LogP contribution in [0.3, 0.4) is 0 Å². The second-order valence-corrected chi connectivity index (χ2v) is 7.67. The maximum absolute atomic E-state index is 15.2. The molecule has 0 bridgehead atoms. The van der Waals surface area contributed by atoms with Crippen LogP contribution in [0.1, 0.15) is 36.8 Å². The van der Waals surface area contributed by atoms with Crippen molar-refractivity contribution in [3.05, 3.63) is 58.6 Å². The minimum atomic E-state index is -3.62. The molecule has 0 saturated carbocycles. The first-order valence-electron chi connectivity index (χ1n) is 8.52. The quantitative estimate of drug-likeness (QED) is 0.773. The summed E-state index contributed by atoms with van der Waals surface area (Å²) in [5.41, 5.74) is 0.831. The molecule has 1 atom stereocenters. The van der Waals surface area contributed by atoms with Gasteiger partial charge in [0.2, 0.25) is 5.60 Å². The predicted octanol–water partition coefficient (Wildman–Crippen LogP) is 4.10. The number of aromatic nitrogens is 1. The van der Waals surface area contributed by atoms with Crippen molar-refractivity contribution in [1.29, 1.82) is 0 Å². The summed E-state index contributed by atoms with van der Waals surface area (Å²) < 4.78 is 50.1. The van der Waals surface area contributed by atoms with Crippen LogP contribution in [0.2, 0.25) is 5.02 Å². The molecule has 10 heteroatoms. The highest BCUT2D eigenvalue weighted by Gasteiger charge is 2.66. The Morgan fingerprint density at radius 2 is 1.90 bits per heavy atom. The van der Waals surface area contributed by atoms with Gasteiger partial charge in [-0.1, -0.05) is 11.6 Å². The van der Waals surface area contributed by atoms with Gasteiger partial charge < -0.3 is 15.8 Å². The molecule has 1 amide bonds. The topological polar surface area (TPSA) is 89.6 Å². The second-order valence-electron chi connectivity index (χ2n) is 7.23. The maximum atomic E-state index is 15.2. The molecule has 2 heterocycles. The smallest absolute Gasteiger partial charge is 0.315 e. The Kier molecular flexibility index (Phi) is 4.98. The third-order valence-electron chi connectivity index (χ3n) is 4.76. The summed E-state index contributed by atoms with van der Waals surface area (Å²) >= 11 is 5.74. The van der Waals surface area contributed by atoms with Crippen LogP contribution in [0.25, 0.3) is 0 Å². The van der Waals surface area contributed by atoms with E-state index < -0.39 is 40.4 Å². The van der Waals surface area contributed by atoms with Gasteiger partial charge in [0.1, 0.15) is 17.1 Å². The van der Waals surface area contributed by atoms with Gasteiger partial charge in [-0.3, -0.25) is 4.79 Å². The number of hydrogen-bond donors (Lipinski definition) is 2. The highest BCUT2D eigenvalue weighted by atomic mass is 35.5. The number of carbonyl (C=O) groups excluding carboxylic acids is 1. The molecule has 3 rings (SSSR count). The van der Waals surface area contributed by atoms with E-state index in [-0.39, 0.29) is 11.4 Å². The van der Waals surface area contributed by atoms with Crippen LogP contribution in [-0.4, -0.2) is 28.4 Å². The molecule has 2 aromatic rings. The van der Waals surface area contributed by atoms with Crippen LogP contribution < -0.4 is 11.1 Å². The number of aliphatic imine (C=N–C) groups is 1. The number of nitrogens with two attached hydrogens (primary N) is 1. The summed E-state index contributed by atoms with van der Waals surface area (Å²) in [5, 5.41) is 2.83. The first-order valence-corrected chi connectivity index (χ1v) is 8.90. The summed E-state index contributed by atoms with van der Waals surface area (Å²) in [6.07, 6.45) is 1.29. The van der Waals surface area contributed by atoms with E-state index in [1.54, 1.807) is 0 Å². The van der Waals surface area contributed by atoms with E-state index in [1.807, 2.05) is 0 Å². The Morgan fingerprint density at radius 3 is 2.52 bits per heavy atom. The van der Waals surface area contributed by atoms with Crippen molar-refractivity contribution in [2.45, 2.75) is 37.8 Å². The summed E-state index contributed by atoms with van der Waals surface area (Å²) in [4.78, 5) is 19.9. The molecule has 0 fully saturated rings. The number of nitrogens with zero attached hydrogens (tertiary/aromatic N) is 2. The van der Waals surface area contributed by atoms with Gasteiger partial charge in [0.15, 0.2) is 0 Å². The Morgan fingerprint density at radius 1 is 1.21 bits per heavy atom. The molecular weight excluding hydrogens is 409 g/mol. The molecule has 0 radical (unpaired) electrons. The third-order valence-corrected chi connectivity index (χ3v) is 4.99. The normalized spacial score (nSPS) is 22.4. The minimum Gasteiger partial charge on any atom is -0.448 e. The molecule has 1 aliphatic heterocycles. The van der Waals surface area contributed by atoms with Crippen molar-refractivity contribution in [3.63, 3.8) is 0 Å².